The molecule has 408 valence electrons. The molecule has 5 heterocycles. The van der Waals surface area contributed by atoms with E-state index in [2.05, 4.69) is 26.6 Å². The highest BCUT2D eigenvalue weighted by Gasteiger charge is 2.56. The molecular weight excluding hydrogens is 966 g/mol. The van der Waals surface area contributed by atoms with Crippen molar-refractivity contribution in [3.8, 4) is 0 Å². The highest BCUT2D eigenvalue weighted by molar-refractivity contribution is 5.75. The Morgan fingerprint density at radius 1 is 0.366 bits per heavy atom. The largest absolute Gasteiger partial charge is 0.394 e. The Balaban J connectivity index is 1.38. The molecule has 0 aromatic heterocycles. The number of ether oxygens (including phenoxy) is 9. The first-order valence-corrected chi connectivity index (χ1v) is 22.5. The minimum absolute atomic E-state index is 0.700. The predicted octanol–water partition coefficient (Wildman–Crippen LogP) is -11.2. The molecule has 17 N–H and O–H groups in total. The minimum Gasteiger partial charge on any atom is -0.394 e. The first-order chi connectivity index (χ1) is 33.5. The zero-order valence-corrected chi connectivity index (χ0v) is 39.1. The molecule has 0 spiro atoms. The zero-order chi connectivity index (χ0) is 52.8. The average molecular weight is 1030 g/mol. The van der Waals surface area contributed by atoms with Crippen molar-refractivity contribution in [2.75, 3.05) is 33.0 Å². The summed E-state index contributed by atoms with van der Waals surface area (Å²) in [5.74, 6) is -3.74. The molecule has 0 aliphatic carbocycles. The molecule has 71 heavy (non-hydrogen) atoms. The molecule has 31 heteroatoms. The molecule has 25 atom stereocenters. The maximum Gasteiger partial charge on any atom is 0.217 e. The van der Waals surface area contributed by atoms with Gasteiger partial charge in [0.25, 0.3) is 0 Å². The lowest BCUT2D eigenvalue weighted by atomic mass is 9.93. The van der Waals surface area contributed by atoms with Gasteiger partial charge in [0.1, 0.15) is 122 Å². The third kappa shape index (κ3) is 13.8. The van der Waals surface area contributed by atoms with Gasteiger partial charge in [0.2, 0.25) is 29.5 Å². The SMILES string of the molecule is CC(=O)N[C@H]1[C@H](OC[C@H]2OC(O)[C@H](NC(C)=O)[C@@H](O[C@@H]3O[C@H](CO)[C@@H](O[C@@H]4O[C@H](CO)[C@H](O)[C@H](O)[C@H]4NC(C)=O)[C@H](O)[C@H]3NC(C)=O)[C@H]2O)O[C@H](CO)[C@@H](O[C@@H]2O[C@H](CO)[C@H](O)[C@H](O)[C@H]2NC(C)=O)[C@@H]1O. The van der Waals surface area contributed by atoms with Gasteiger partial charge >= 0.3 is 0 Å². The number of rotatable bonds is 18. The third-order valence-corrected chi connectivity index (χ3v) is 12.3. The van der Waals surface area contributed by atoms with E-state index in [1.165, 1.54) is 0 Å². The summed E-state index contributed by atoms with van der Waals surface area (Å²) in [5, 5.41) is 142. The van der Waals surface area contributed by atoms with E-state index in [1.807, 2.05) is 0 Å². The van der Waals surface area contributed by atoms with Crippen molar-refractivity contribution in [2.24, 2.45) is 0 Å². The van der Waals surface area contributed by atoms with Crippen molar-refractivity contribution in [1.82, 2.24) is 26.6 Å². The van der Waals surface area contributed by atoms with E-state index in [4.69, 9.17) is 42.6 Å². The molecule has 5 aliphatic rings. The summed E-state index contributed by atoms with van der Waals surface area (Å²) >= 11 is 0. The molecule has 5 rings (SSSR count). The van der Waals surface area contributed by atoms with Gasteiger partial charge in [-0.25, -0.2) is 0 Å². The summed E-state index contributed by atoms with van der Waals surface area (Å²) in [6.45, 7) is 0.986. The zero-order valence-electron chi connectivity index (χ0n) is 39.1. The Morgan fingerprint density at radius 2 is 0.676 bits per heavy atom. The van der Waals surface area contributed by atoms with Gasteiger partial charge in [-0.2, -0.15) is 0 Å². The maximum atomic E-state index is 12.6. The monoisotopic (exact) mass is 1030 g/mol. The molecule has 31 nitrogen and oxygen atoms in total. The predicted molar refractivity (Wildman–Crippen MR) is 225 cm³/mol. The minimum atomic E-state index is -2.04. The van der Waals surface area contributed by atoms with Crippen LogP contribution in [0.2, 0.25) is 0 Å². The number of carbonyl (C=O) groups excluding carboxylic acids is 5. The summed E-state index contributed by atoms with van der Waals surface area (Å²) < 4.78 is 52.6. The second-order valence-electron chi connectivity index (χ2n) is 17.7. The van der Waals surface area contributed by atoms with E-state index >= 15 is 0 Å². The van der Waals surface area contributed by atoms with Gasteiger partial charge in [-0.1, -0.05) is 0 Å². The standard InChI is InChI=1S/C40H67N5O26/c1-11(50)41-21-29(58)26(55)16(6-46)65-38(21)69-33-18(8-48)67-37(23(31(33)60)43-13(3)52)63-10-20-28(57)35(25(36(62)64-20)45-15(5)54)71-40-24(44-14(4)53)32(61)34(19(9-49)68-40)70-39-22(42-12(2)51)30(59)27(56)17(7-47)66-39/h16-40,46-49,55-62H,6-10H2,1-5H3,(H,41,50)(H,42,51)(H,43,52)(H,44,53)(H,45,54)/t16-,17-,18-,19-,20-,21-,22-,23-,24-,25-,26+,27+,28+,29-,30-,31-,32-,33-,34-,35-,36?,37-,38+,39+,40+/m1/s1. The van der Waals surface area contributed by atoms with Crippen LogP contribution in [0.25, 0.3) is 0 Å². The van der Waals surface area contributed by atoms with Gasteiger partial charge in [-0.15, -0.1) is 0 Å². The van der Waals surface area contributed by atoms with Crippen molar-refractivity contribution in [3.05, 3.63) is 0 Å². The number of amides is 5. The molecule has 5 amide bonds. The molecule has 5 saturated heterocycles. The van der Waals surface area contributed by atoms with Crippen LogP contribution >= 0.6 is 0 Å². The number of aliphatic hydroxyl groups is 12. The van der Waals surface area contributed by atoms with Crippen molar-refractivity contribution >= 4 is 29.5 Å². The highest BCUT2D eigenvalue weighted by Crippen LogP contribution is 2.34. The quantitative estimate of drug-likeness (QED) is 0.0606. The van der Waals surface area contributed by atoms with E-state index in [0.717, 1.165) is 34.6 Å². The summed E-state index contributed by atoms with van der Waals surface area (Å²) in [7, 11) is 0. The van der Waals surface area contributed by atoms with Gasteiger partial charge in [0.15, 0.2) is 31.5 Å². The second-order valence-corrected chi connectivity index (χ2v) is 17.7. The van der Waals surface area contributed by atoms with Gasteiger partial charge < -0.3 is 130 Å². The van der Waals surface area contributed by atoms with Gasteiger partial charge in [-0.3, -0.25) is 24.0 Å². The van der Waals surface area contributed by atoms with E-state index in [0.29, 0.717) is 0 Å². The number of hydrogen-bond acceptors (Lipinski definition) is 26. The van der Waals surface area contributed by atoms with Crippen molar-refractivity contribution in [3.63, 3.8) is 0 Å². The van der Waals surface area contributed by atoms with Crippen LogP contribution in [0, 0.1) is 0 Å². The Kier molecular flexibility index (Phi) is 21.1. The Bertz CT molecular complexity index is 1790. The van der Waals surface area contributed by atoms with Crippen molar-refractivity contribution in [2.45, 2.75) is 188 Å². The van der Waals surface area contributed by atoms with Gasteiger partial charge in [-0.05, 0) is 0 Å². The Labute approximate surface area is 404 Å². The van der Waals surface area contributed by atoms with Crippen molar-refractivity contribution in [1.29, 1.82) is 0 Å². The normalized spacial score (nSPS) is 43.9. The van der Waals surface area contributed by atoms with Crippen LogP contribution in [0.4, 0.5) is 0 Å². The molecule has 0 aromatic carbocycles. The number of carbonyl (C=O) groups is 5. The molecule has 0 radical (unpaired) electrons. The topological polar surface area (TPSA) is 471 Å². The summed E-state index contributed by atoms with van der Waals surface area (Å²) in [6.07, 6.45) is -34.8. The van der Waals surface area contributed by atoms with Crippen LogP contribution in [0.15, 0.2) is 0 Å². The number of aliphatic hydroxyl groups excluding tert-OH is 12. The first-order valence-electron chi connectivity index (χ1n) is 22.5. The van der Waals surface area contributed by atoms with E-state index < -0.39 is 216 Å². The Hall–Kier alpha value is -3.49. The average Bonchev–Trinajstić information content (AvgIpc) is 3.30. The molecule has 5 aliphatic heterocycles. The molecule has 0 bridgehead atoms. The lowest BCUT2D eigenvalue weighted by Gasteiger charge is -2.50. The maximum absolute atomic E-state index is 12.6. The fraction of sp³-hybridized carbons (Fsp3) is 0.875. The highest BCUT2D eigenvalue weighted by atomic mass is 16.8. The first kappa shape index (κ1) is 58.4. The van der Waals surface area contributed by atoms with Crippen LogP contribution in [0.5, 0.6) is 0 Å². The fourth-order valence-corrected chi connectivity index (χ4v) is 8.95. The van der Waals surface area contributed by atoms with Crippen LogP contribution < -0.4 is 26.6 Å². The van der Waals surface area contributed by atoms with Crippen LogP contribution in [-0.2, 0) is 66.6 Å². The second kappa shape index (κ2) is 25.6. The number of hydrogen-bond donors (Lipinski definition) is 17. The fourth-order valence-electron chi connectivity index (χ4n) is 8.95. The van der Waals surface area contributed by atoms with E-state index in [-0.39, 0.29) is 0 Å². The smallest absolute Gasteiger partial charge is 0.217 e. The van der Waals surface area contributed by atoms with Crippen molar-refractivity contribution < 1.29 is 128 Å². The van der Waals surface area contributed by atoms with E-state index in [9.17, 15) is 85.3 Å². The third-order valence-electron chi connectivity index (χ3n) is 12.3. The lowest BCUT2D eigenvalue weighted by Crippen LogP contribution is -2.71. The summed E-state index contributed by atoms with van der Waals surface area (Å²) in [6, 6.07) is -7.95. The molecule has 5 fully saturated rings. The Morgan fingerprint density at radius 3 is 1.04 bits per heavy atom. The molecule has 0 saturated carbocycles. The molecule has 0 aromatic rings. The van der Waals surface area contributed by atoms with E-state index in [1.54, 1.807) is 0 Å². The summed E-state index contributed by atoms with van der Waals surface area (Å²) in [5.41, 5.74) is 0. The van der Waals surface area contributed by atoms with Crippen LogP contribution in [0.1, 0.15) is 34.6 Å². The molecular formula is C40H67N5O26. The summed E-state index contributed by atoms with van der Waals surface area (Å²) in [4.78, 5) is 61.5. The van der Waals surface area contributed by atoms with Crippen LogP contribution in [0.3, 0.4) is 0 Å². The van der Waals surface area contributed by atoms with Gasteiger partial charge in [0, 0.05) is 34.6 Å². The van der Waals surface area contributed by atoms with Gasteiger partial charge in [0.05, 0.1) is 33.0 Å². The number of nitrogens with one attached hydrogen (secondary N) is 5. The van der Waals surface area contributed by atoms with Crippen LogP contribution in [-0.4, -0.2) is 277 Å². The molecule has 1 unspecified atom stereocenters. The lowest BCUT2D eigenvalue weighted by molar-refractivity contribution is -0.353.